The van der Waals surface area contributed by atoms with E-state index in [-0.39, 0.29) is 12.0 Å². The van der Waals surface area contributed by atoms with Crippen LogP contribution in [0.25, 0.3) is 0 Å². The van der Waals surface area contributed by atoms with E-state index in [1.807, 2.05) is 7.05 Å². The molecule has 21 heavy (non-hydrogen) atoms. The summed E-state index contributed by atoms with van der Waals surface area (Å²) in [5.74, 6) is 1.15. The van der Waals surface area contributed by atoms with Crippen LogP contribution < -0.4 is 0 Å². The maximum absolute atomic E-state index is 11.3. The van der Waals surface area contributed by atoms with Crippen molar-refractivity contribution in [2.75, 3.05) is 7.05 Å². The zero-order valence-corrected chi connectivity index (χ0v) is 12.5. The molecule has 0 aromatic carbocycles. The summed E-state index contributed by atoms with van der Waals surface area (Å²) >= 11 is 0. The number of carbonyl (C=O) groups is 1. The Morgan fingerprint density at radius 3 is 2.71 bits per heavy atom. The normalized spacial score (nSPS) is 21.6. The third-order valence-corrected chi connectivity index (χ3v) is 4.86. The van der Waals surface area contributed by atoms with E-state index in [2.05, 4.69) is 15.0 Å². The molecule has 0 aliphatic heterocycles. The number of aliphatic carboxylic acids is 1. The second kappa shape index (κ2) is 5.75. The maximum Gasteiger partial charge on any atom is 0.305 e. The molecule has 1 aromatic heterocycles. The van der Waals surface area contributed by atoms with E-state index < -0.39 is 5.97 Å². The van der Waals surface area contributed by atoms with Gasteiger partial charge < -0.3 is 9.63 Å². The first-order valence-electron chi connectivity index (χ1n) is 7.85. The van der Waals surface area contributed by atoms with E-state index in [1.54, 1.807) is 0 Å². The van der Waals surface area contributed by atoms with Crippen LogP contribution in [-0.2, 0) is 11.3 Å². The number of carboxylic acids is 1. The molecule has 0 atom stereocenters. The molecule has 1 aromatic rings. The highest BCUT2D eigenvalue weighted by Crippen LogP contribution is 2.39. The molecule has 1 N–H and O–H groups in total. The maximum atomic E-state index is 11.3. The van der Waals surface area contributed by atoms with Crippen LogP contribution in [-0.4, -0.2) is 38.7 Å². The van der Waals surface area contributed by atoms with Gasteiger partial charge in [0.1, 0.15) is 0 Å². The molecular formula is C15H23N3O3. The Bertz CT molecular complexity index is 504. The van der Waals surface area contributed by atoms with Crippen molar-refractivity contribution in [3.05, 3.63) is 11.7 Å². The molecule has 2 aliphatic carbocycles. The van der Waals surface area contributed by atoms with Crippen molar-refractivity contribution >= 4 is 5.97 Å². The highest BCUT2D eigenvalue weighted by Gasteiger charge is 2.39. The molecule has 6 nitrogen and oxygen atoms in total. The molecule has 6 heteroatoms. The lowest BCUT2D eigenvalue weighted by atomic mass is 9.78. The van der Waals surface area contributed by atoms with Crippen molar-refractivity contribution in [2.24, 2.45) is 0 Å². The van der Waals surface area contributed by atoms with Crippen molar-refractivity contribution in [3.8, 4) is 0 Å². The van der Waals surface area contributed by atoms with E-state index in [0.29, 0.717) is 18.3 Å². The molecule has 2 fully saturated rings. The number of aromatic nitrogens is 2. The van der Waals surface area contributed by atoms with Gasteiger partial charge in [0.2, 0.25) is 5.89 Å². The molecular weight excluding hydrogens is 270 g/mol. The van der Waals surface area contributed by atoms with Gasteiger partial charge in [-0.3, -0.25) is 9.69 Å². The smallest absolute Gasteiger partial charge is 0.305 e. The van der Waals surface area contributed by atoms with Gasteiger partial charge in [0, 0.05) is 11.5 Å². The lowest BCUT2D eigenvalue weighted by Crippen LogP contribution is -2.49. The van der Waals surface area contributed by atoms with Gasteiger partial charge in [-0.15, -0.1) is 0 Å². The van der Waals surface area contributed by atoms with Gasteiger partial charge in [0.25, 0.3) is 0 Å². The van der Waals surface area contributed by atoms with Gasteiger partial charge in [0.05, 0.1) is 13.0 Å². The van der Waals surface area contributed by atoms with Gasteiger partial charge in [-0.1, -0.05) is 24.4 Å². The van der Waals surface area contributed by atoms with E-state index >= 15 is 0 Å². The molecule has 2 aliphatic rings. The fourth-order valence-electron chi connectivity index (χ4n) is 3.39. The average Bonchev–Trinajstić information content (AvgIpc) is 3.20. The lowest BCUT2D eigenvalue weighted by Gasteiger charge is -2.43. The summed E-state index contributed by atoms with van der Waals surface area (Å²) in [7, 11) is 1.99. The number of carboxylic acid groups (broad SMARTS) is 1. The first-order valence-corrected chi connectivity index (χ1v) is 7.85. The molecule has 0 unspecified atom stereocenters. The first kappa shape index (κ1) is 14.5. The van der Waals surface area contributed by atoms with Crippen LogP contribution in [0, 0.1) is 0 Å². The van der Waals surface area contributed by atoms with E-state index in [9.17, 15) is 9.90 Å². The number of hydrogen-bond donors (Lipinski definition) is 1. The second-order valence-electron chi connectivity index (χ2n) is 6.53. The molecule has 3 rings (SSSR count). The summed E-state index contributed by atoms with van der Waals surface area (Å²) in [5.41, 5.74) is -0.259. The summed E-state index contributed by atoms with van der Waals surface area (Å²) in [5, 5.41) is 13.3. The standard InChI is InChI=1S/C15H23N3O3/c1-18(10-12-16-14(21-17-12)11-5-6-11)15(9-13(19)20)7-3-2-4-8-15/h11H,2-10H2,1H3,(H,19,20). The van der Waals surface area contributed by atoms with E-state index in [4.69, 9.17) is 4.52 Å². The van der Waals surface area contributed by atoms with Crippen LogP contribution in [0.4, 0.5) is 0 Å². The van der Waals surface area contributed by atoms with Crippen LogP contribution in [0.2, 0.25) is 0 Å². The molecule has 0 saturated heterocycles. The number of rotatable bonds is 6. The van der Waals surface area contributed by atoms with E-state index in [0.717, 1.165) is 44.4 Å². The molecule has 0 amide bonds. The minimum atomic E-state index is -0.726. The number of nitrogens with zero attached hydrogens (tertiary/aromatic N) is 3. The average molecular weight is 293 g/mol. The Balaban J connectivity index is 1.69. The van der Waals surface area contributed by atoms with Gasteiger partial charge in [0.15, 0.2) is 5.82 Å². The SMILES string of the molecule is CN(Cc1noc(C2CC2)n1)C1(CC(=O)O)CCCCC1. The van der Waals surface area contributed by atoms with E-state index in [1.165, 1.54) is 6.42 Å². The minimum absolute atomic E-state index is 0.191. The molecule has 0 spiro atoms. The van der Waals surface area contributed by atoms with Gasteiger partial charge in [-0.25, -0.2) is 0 Å². The van der Waals surface area contributed by atoms with Crippen LogP contribution in [0.1, 0.15) is 69.0 Å². The Morgan fingerprint density at radius 1 is 1.38 bits per heavy atom. The third kappa shape index (κ3) is 3.26. The largest absolute Gasteiger partial charge is 0.481 e. The first-order chi connectivity index (χ1) is 10.1. The Morgan fingerprint density at radius 2 is 2.10 bits per heavy atom. The topological polar surface area (TPSA) is 79.5 Å². The van der Waals surface area contributed by atoms with Crippen molar-refractivity contribution in [3.63, 3.8) is 0 Å². The summed E-state index contributed by atoms with van der Waals surface area (Å²) in [6, 6.07) is 0. The van der Waals surface area contributed by atoms with Crippen molar-refractivity contribution in [2.45, 2.75) is 69.4 Å². The fourth-order valence-corrected chi connectivity index (χ4v) is 3.39. The molecule has 2 saturated carbocycles. The molecule has 116 valence electrons. The quantitative estimate of drug-likeness (QED) is 0.868. The van der Waals surface area contributed by atoms with Crippen LogP contribution in [0.5, 0.6) is 0 Å². The zero-order valence-electron chi connectivity index (χ0n) is 12.5. The predicted octanol–water partition coefficient (Wildman–Crippen LogP) is 2.56. The monoisotopic (exact) mass is 293 g/mol. The predicted molar refractivity (Wildman–Crippen MR) is 75.8 cm³/mol. The zero-order chi connectivity index (χ0) is 14.9. The Kier molecular flexibility index (Phi) is 3.97. The van der Waals surface area contributed by atoms with Crippen LogP contribution in [0.3, 0.4) is 0 Å². The van der Waals surface area contributed by atoms with Gasteiger partial charge in [-0.05, 0) is 32.7 Å². The van der Waals surface area contributed by atoms with Crippen molar-refractivity contribution in [1.82, 2.24) is 15.0 Å². The highest BCUT2D eigenvalue weighted by atomic mass is 16.5. The summed E-state index contributed by atoms with van der Waals surface area (Å²) in [6.07, 6.45) is 7.72. The number of hydrogen-bond acceptors (Lipinski definition) is 5. The van der Waals surface area contributed by atoms with Crippen molar-refractivity contribution < 1.29 is 14.4 Å². The summed E-state index contributed by atoms with van der Waals surface area (Å²) in [6.45, 7) is 0.559. The Labute approximate surface area is 124 Å². The van der Waals surface area contributed by atoms with Gasteiger partial charge >= 0.3 is 5.97 Å². The fraction of sp³-hybridized carbons (Fsp3) is 0.800. The molecule has 0 radical (unpaired) electrons. The summed E-state index contributed by atoms with van der Waals surface area (Å²) in [4.78, 5) is 17.8. The highest BCUT2D eigenvalue weighted by molar-refractivity contribution is 5.68. The minimum Gasteiger partial charge on any atom is -0.481 e. The van der Waals surface area contributed by atoms with Crippen LogP contribution in [0.15, 0.2) is 4.52 Å². The molecule has 0 bridgehead atoms. The summed E-state index contributed by atoms with van der Waals surface area (Å²) < 4.78 is 5.29. The van der Waals surface area contributed by atoms with Crippen molar-refractivity contribution in [1.29, 1.82) is 0 Å². The molecule has 1 heterocycles. The van der Waals surface area contributed by atoms with Gasteiger partial charge in [-0.2, -0.15) is 4.98 Å². The second-order valence-corrected chi connectivity index (χ2v) is 6.53. The third-order valence-electron chi connectivity index (χ3n) is 4.86. The lowest BCUT2D eigenvalue weighted by molar-refractivity contribution is -0.141. The Hall–Kier alpha value is -1.43. The van der Waals surface area contributed by atoms with Crippen LogP contribution >= 0.6 is 0 Å².